The molecule has 0 fully saturated rings. The fourth-order valence-corrected chi connectivity index (χ4v) is 1.78. The molecule has 0 aliphatic carbocycles. The van der Waals surface area contributed by atoms with E-state index in [1.165, 1.54) is 12.1 Å². The summed E-state index contributed by atoms with van der Waals surface area (Å²) in [6.45, 7) is 5.67. The zero-order valence-electron chi connectivity index (χ0n) is 8.81. The maximum atomic E-state index is 10.8. The van der Waals surface area contributed by atoms with Gasteiger partial charge < -0.3 is 5.11 Å². The maximum Gasteiger partial charge on any atom is 0.327 e. The summed E-state index contributed by atoms with van der Waals surface area (Å²) in [4.78, 5) is -0.560. The molecule has 1 radical (unpaired) electrons. The molecule has 4 nitrogen and oxygen atoms in total. The lowest BCUT2D eigenvalue weighted by atomic mass is 9.87. The van der Waals surface area contributed by atoms with Gasteiger partial charge >= 0.3 is 10.1 Å². The van der Waals surface area contributed by atoms with Crippen molar-refractivity contribution in [2.24, 2.45) is 0 Å². The summed E-state index contributed by atoms with van der Waals surface area (Å²) in [5.74, 6) is -0.502. The number of phenols is 1. The highest BCUT2D eigenvalue weighted by molar-refractivity contribution is 7.85. The van der Waals surface area contributed by atoms with Gasteiger partial charge in [-0.15, -0.1) is 0 Å². The van der Waals surface area contributed by atoms with Gasteiger partial charge in [-0.3, -0.25) is 0 Å². The molecule has 0 saturated carbocycles. The van der Waals surface area contributed by atoms with E-state index in [1.807, 2.05) is 20.8 Å². The smallest absolute Gasteiger partial charge is 0.327 e. The molecule has 0 spiro atoms. The van der Waals surface area contributed by atoms with E-state index in [-0.39, 0.29) is 5.41 Å². The van der Waals surface area contributed by atoms with E-state index in [2.05, 4.69) is 0 Å². The van der Waals surface area contributed by atoms with E-state index < -0.39 is 20.8 Å². The van der Waals surface area contributed by atoms with E-state index in [0.717, 1.165) is 0 Å². The van der Waals surface area contributed by atoms with Crippen molar-refractivity contribution >= 4 is 10.1 Å². The van der Waals surface area contributed by atoms with Crippen LogP contribution < -0.4 is 0 Å². The molecule has 0 aliphatic heterocycles. The minimum absolute atomic E-state index is 0.271. The highest BCUT2D eigenvalue weighted by atomic mass is 32.2. The van der Waals surface area contributed by atoms with Gasteiger partial charge in [-0.05, 0) is 23.1 Å². The largest absolute Gasteiger partial charge is 0.506 e. The summed E-state index contributed by atoms with van der Waals surface area (Å²) in [5.41, 5.74) is 0.419. The number of hydrogen-bond donors (Lipinski definition) is 1. The molecule has 0 atom stereocenters. The van der Waals surface area contributed by atoms with Crippen LogP contribution in [0.25, 0.3) is 0 Å². The fourth-order valence-electron chi connectivity index (χ4n) is 1.18. The van der Waals surface area contributed by atoms with Crippen LogP contribution in [0.3, 0.4) is 0 Å². The SMILES string of the molecule is CC(C)(C)c1ccc(O)c(S([O])(=O)=O)c1. The minimum atomic E-state index is -4.62. The lowest BCUT2D eigenvalue weighted by molar-refractivity contribution is 0.402. The van der Waals surface area contributed by atoms with E-state index in [1.54, 1.807) is 6.07 Å². The summed E-state index contributed by atoms with van der Waals surface area (Å²) < 4.78 is 32.5. The van der Waals surface area contributed by atoms with Crippen molar-refractivity contribution in [2.45, 2.75) is 31.1 Å². The first-order chi connectivity index (χ1) is 6.62. The van der Waals surface area contributed by atoms with Crippen LogP contribution in [0.2, 0.25) is 0 Å². The fraction of sp³-hybridized carbons (Fsp3) is 0.400. The highest BCUT2D eigenvalue weighted by Crippen LogP contribution is 2.29. The number of hydrogen-bond acceptors (Lipinski definition) is 3. The van der Waals surface area contributed by atoms with Crippen LogP contribution in [0.1, 0.15) is 26.3 Å². The van der Waals surface area contributed by atoms with Gasteiger partial charge in [-0.2, -0.15) is 8.42 Å². The van der Waals surface area contributed by atoms with Crippen molar-refractivity contribution in [1.29, 1.82) is 0 Å². The van der Waals surface area contributed by atoms with E-state index in [0.29, 0.717) is 5.56 Å². The van der Waals surface area contributed by atoms with Crippen molar-refractivity contribution in [3.05, 3.63) is 23.8 Å². The third-order valence-electron chi connectivity index (χ3n) is 2.10. The number of phenolic OH excluding ortho intramolecular Hbond substituents is 1. The summed E-state index contributed by atoms with van der Waals surface area (Å²) in [5, 5.41) is 9.26. The van der Waals surface area contributed by atoms with Gasteiger partial charge in [0.05, 0.1) is 0 Å². The summed E-state index contributed by atoms with van der Waals surface area (Å²) in [6.07, 6.45) is 0. The molecule has 1 rings (SSSR count). The predicted octanol–water partition coefficient (Wildman–Crippen LogP) is 1.81. The molecule has 0 bridgehead atoms. The number of rotatable bonds is 1. The van der Waals surface area contributed by atoms with Crippen molar-refractivity contribution in [1.82, 2.24) is 0 Å². The van der Waals surface area contributed by atoms with Gasteiger partial charge in [0, 0.05) is 0 Å². The Labute approximate surface area is 89.3 Å². The average Bonchev–Trinajstić information content (AvgIpc) is 2.00. The average molecular weight is 229 g/mol. The first kappa shape index (κ1) is 12.0. The Bertz CT molecular complexity index is 469. The van der Waals surface area contributed by atoms with Crippen LogP contribution in [0.15, 0.2) is 23.1 Å². The Hall–Kier alpha value is -1.07. The van der Waals surface area contributed by atoms with Crippen molar-refractivity contribution < 1.29 is 18.1 Å². The molecule has 83 valence electrons. The quantitative estimate of drug-likeness (QED) is 0.798. The summed E-state index contributed by atoms with van der Waals surface area (Å²) in [7, 11) is -4.62. The molecule has 0 saturated heterocycles. The molecule has 0 aromatic heterocycles. The first-order valence-corrected chi connectivity index (χ1v) is 5.82. The Kier molecular flexibility index (Phi) is 2.80. The Morgan fingerprint density at radius 3 is 2.13 bits per heavy atom. The highest BCUT2D eigenvalue weighted by Gasteiger charge is 2.21. The second-order valence-corrected chi connectivity index (χ2v) is 5.73. The van der Waals surface area contributed by atoms with Crippen molar-refractivity contribution in [2.75, 3.05) is 0 Å². The van der Waals surface area contributed by atoms with Crippen LogP contribution >= 0.6 is 0 Å². The van der Waals surface area contributed by atoms with Crippen LogP contribution in [-0.2, 0) is 20.1 Å². The second-order valence-electron chi connectivity index (χ2n) is 4.39. The lowest BCUT2D eigenvalue weighted by Crippen LogP contribution is -2.12. The van der Waals surface area contributed by atoms with Gasteiger partial charge in [0.15, 0.2) is 0 Å². The molecule has 0 amide bonds. The molecule has 0 aliphatic rings. The lowest BCUT2D eigenvalue weighted by Gasteiger charge is -2.19. The third kappa shape index (κ3) is 2.70. The zero-order chi connectivity index (χ0) is 11.9. The number of aromatic hydroxyl groups is 1. The molecule has 5 heteroatoms. The molecular formula is C10H13O4S. The van der Waals surface area contributed by atoms with Crippen molar-refractivity contribution in [3.63, 3.8) is 0 Å². The van der Waals surface area contributed by atoms with E-state index in [4.69, 9.17) is 0 Å². The minimum Gasteiger partial charge on any atom is -0.506 e. The number of benzene rings is 1. The Balaban J connectivity index is 3.43. The molecule has 1 aromatic rings. The Morgan fingerprint density at radius 2 is 1.73 bits per heavy atom. The van der Waals surface area contributed by atoms with Crippen molar-refractivity contribution in [3.8, 4) is 5.75 Å². The van der Waals surface area contributed by atoms with Crippen LogP contribution in [0, 0.1) is 0 Å². The molecule has 0 heterocycles. The van der Waals surface area contributed by atoms with Gasteiger partial charge in [0.1, 0.15) is 10.6 Å². The molecule has 1 N–H and O–H groups in total. The summed E-state index contributed by atoms with van der Waals surface area (Å²) >= 11 is 0. The zero-order valence-corrected chi connectivity index (χ0v) is 9.63. The molecule has 1 aromatic carbocycles. The maximum absolute atomic E-state index is 10.8. The first-order valence-electron chi connectivity index (χ1n) is 4.42. The van der Waals surface area contributed by atoms with Crippen LogP contribution in [0.5, 0.6) is 5.75 Å². The normalized spacial score (nSPS) is 12.8. The van der Waals surface area contributed by atoms with Crippen LogP contribution in [-0.4, -0.2) is 13.5 Å². The van der Waals surface area contributed by atoms with E-state index in [9.17, 15) is 18.1 Å². The molecule has 0 unspecified atom stereocenters. The van der Waals surface area contributed by atoms with Crippen LogP contribution in [0.4, 0.5) is 0 Å². The van der Waals surface area contributed by atoms with E-state index >= 15 is 0 Å². The monoisotopic (exact) mass is 229 g/mol. The van der Waals surface area contributed by atoms with Gasteiger partial charge in [-0.25, -0.2) is 0 Å². The second kappa shape index (κ2) is 3.50. The Morgan fingerprint density at radius 1 is 1.20 bits per heavy atom. The molecule has 15 heavy (non-hydrogen) atoms. The standard InChI is InChI=1S/C10H13O4S/c1-10(2,3)7-4-5-8(11)9(6-7)15(12,13)14/h4-6,11H,1-3H3. The van der Waals surface area contributed by atoms with Gasteiger partial charge in [0.25, 0.3) is 0 Å². The topological polar surface area (TPSA) is 74.3 Å². The van der Waals surface area contributed by atoms with Gasteiger partial charge in [-0.1, -0.05) is 31.4 Å². The third-order valence-corrected chi connectivity index (χ3v) is 2.96. The van der Waals surface area contributed by atoms with Gasteiger partial charge in [0.2, 0.25) is 0 Å². The summed E-state index contributed by atoms with van der Waals surface area (Å²) in [6, 6.07) is 4.05. The predicted molar refractivity (Wildman–Crippen MR) is 54.7 cm³/mol. The molecular weight excluding hydrogens is 216 g/mol.